The molecular formula is C14H20ClNO2S. The summed E-state index contributed by atoms with van der Waals surface area (Å²) in [6, 6.07) is 5.50. The molecule has 0 spiro atoms. The van der Waals surface area contributed by atoms with Gasteiger partial charge < -0.3 is 10.0 Å². The Labute approximate surface area is 123 Å². The zero-order valence-electron chi connectivity index (χ0n) is 11.4. The van der Waals surface area contributed by atoms with Crippen LogP contribution in [0.2, 0.25) is 5.02 Å². The number of unbranched alkanes of at least 4 members (excludes halogenated alkanes) is 2. The molecule has 1 amide bonds. The van der Waals surface area contributed by atoms with E-state index in [9.17, 15) is 4.79 Å². The molecule has 0 saturated heterocycles. The van der Waals surface area contributed by atoms with Crippen LogP contribution in [0.3, 0.4) is 0 Å². The van der Waals surface area contributed by atoms with Crippen LogP contribution >= 0.6 is 23.4 Å². The Morgan fingerprint density at radius 3 is 2.74 bits per heavy atom. The number of aliphatic hydroxyl groups is 1. The van der Waals surface area contributed by atoms with Crippen molar-refractivity contribution in [3.63, 3.8) is 0 Å². The average molecular weight is 302 g/mol. The number of halogens is 1. The van der Waals surface area contributed by atoms with E-state index in [1.165, 1.54) is 0 Å². The zero-order chi connectivity index (χ0) is 14.3. The highest BCUT2D eigenvalue weighted by Gasteiger charge is 2.15. The van der Waals surface area contributed by atoms with Crippen molar-refractivity contribution >= 4 is 29.3 Å². The van der Waals surface area contributed by atoms with Gasteiger partial charge in [-0.05, 0) is 43.7 Å². The molecule has 0 atom stereocenters. The van der Waals surface area contributed by atoms with Gasteiger partial charge in [-0.15, -0.1) is 11.8 Å². The first kappa shape index (κ1) is 16.3. The van der Waals surface area contributed by atoms with Gasteiger partial charge >= 0.3 is 0 Å². The monoisotopic (exact) mass is 301 g/mol. The largest absolute Gasteiger partial charge is 0.396 e. The molecule has 0 fully saturated rings. The number of carbonyl (C=O) groups is 1. The number of benzene rings is 1. The highest BCUT2D eigenvalue weighted by Crippen LogP contribution is 2.24. The number of thioether (sulfide) groups is 1. The first-order valence-electron chi connectivity index (χ1n) is 6.30. The number of carbonyl (C=O) groups excluding carboxylic acids is 1. The summed E-state index contributed by atoms with van der Waals surface area (Å²) < 4.78 is 0. The summed E-state index contributed by atoms with van der Waals surface area (Å²) in [5, 5.41) is 9.20. The molecule has 1 aromatic rings. The van der Waals surface area contributed by atoms with Gasteiger partial charge in [-0.3, -0.25) is 4.79 Å². The summed E-state index contributed by atoms with van der Waals surface area (Å²) in [6.07, 6.45) is 4.57. The SMILES string of the molecule is CSc1ccc(Cl)c(C(=O)N(C)CCCCCO)c1. The van der Waals surface area contributed by atoms with Crippen LogP contribution in [0.1, 0.15) is 29.6 Å². The van der Waals surface area contributed by atoms with Crippen LogP contribution in [-0.4, -0.2) is 42.4 Å². The summed E-state index contributed by atoms with van der Waals surface area (Å²) in [6.45, 7) is 0.887. The van der Waals surface area contributed by atoms with Crippen LogP contribution < -0.4 is 0 Å². The van der Waals surface area contributed by atoms with Gasteiger partial charge in [0.15, 0.2) is 0 Å². The maximum absolute atomic E-state index is 12.3. The van der Waals surface area contributed by atoms with Gasteiger partial charge in [0.05, 0.1) is 10.6 Å². The van der Waals surface area contributed by atoms with Crippen LogP contribution in [0, 0.1) is 0 Å². The second-order valence-corrected chi connectivity index (χ2v) is 5.64. The van der Waals surface area contributed by atoms with Crippen molar-refractivity contribution in [3.05, 3.63) is 28.8 Å². The number of hydrogen-bond acceptors (Lipinski definition) is 3. The molecule has 0 aliphatic heterocycles. The molecule has 0 aromatic heterocycles. The fourth-order valence-corrected chi connectivity index (χ4v) is 2.38. The number of hydrogen-bond donors (Lipinski definition) is 1. The van der Waals surface area contributed by atoms with Gasteiger partial charge in [0, 0.05) is 25.1 Å². The van der Waals surface area contributed by atoms with E-state index < -0.39 is 0 Å². The first-order valence-corrected chi connectivity index (χ1v) is 7.90. The molecule has 5 heteroatoms. The molecule has 0 aliphatic rings. The third-order valence-electron chi connectivity index (χ3n) is 2.90. The lowest BCUT2D eigenvalue weighted by Gasteiger charge is -2.18. The first-order chi connectivity index (χ1) is 9.10. The number of aliphatic hydroxyl groups excluding tert-OH is 1. The van der Waals surface area contributed by atoms with E-state index in [4.69, 9.17) is 16.7 Å². The molecule has 0 aliphatic carbocycles. The smallest absolute Gasteiger partial charge is 0.255 e. The van der Waals surface area contributed by atoms with E-state index in [1.54, 1.807) is 29.8 Å². The van der Waals surface area contributed by atoms with Gasteiger partial charge in [0.25, 0.3) is 5.91 Å². The highest BCUT2D eigenvalue weighted by molar-refractivity contribution is 7.98. The number of nitrogens with zero attached hydrogens (tertiary/aromatic N) is 1. The molecule has 0 saturated carbocycles. The van der Waals surface area contributed by atoms with Crippen LogP contribution in [0.15, 0.2) is 23.1 Å². The fraction of sp³-hybridized carbons (Fsp3) is 0.500. The molecule has 0 bridgehead atoms. The topological polar surface area (TPSA) is 40.5 Å². The Morgan fingerprint density at radius 2 is 2.11 bits per heavy atom. The Morgan fingerprint density at radius 1 is 1.37 bits per heavy atom. The minimum atomic E-state index is -0.0510. The van der Waals surface area contributed by atoms with Crippen LogP contribution in [-0.2, 0) is 0 Å². The third kappa shape index (κ3) is 5.05. The third-order valence-corrected chi connectivity index (χ3v) is 3.96. The predicted molar refractivity (Wildman–Crippen MR) is 81.1 cm³/mol. The second-order valence-electron chi connectivity index (χ2n) is 4.36. The van der Waals surface area contributed by atoms with E-state index in [0.717, 1.165) is 24.2 Å². The molecule has 0 unspecified atom stereocenters. The summed E-state index contributed by atoms with van der Waals surface area (Å²) in [5.74, 6) is -0.0510. The highest BCUT2D eigenvalue weighted by atomic mass is 35.5. The number of amides is 1. The lowest BCUT2D eigenvalue weighted by atomic mass is 10.2. The van der Waals surface area contributed by atoms with Crippen molar-refractivity contribution in [3.8, 4) is 0 Å². The van der Waals surface area contributed by atoms with Crippen molar-refractivity contribution in [2.24, 2.45) is 0 Å². The van der Waals surface area contributed by atoms with E-state index in [1.807, 2.05) is 18.4 Å². The molecule has 3 nitrogen and oxygen atoms in total. The molecular weight excluding hydrogens is 282 g/mol. The van der Waals surface area contributed by atoms with Crippen molar-refractivity contribution in [1.82, 2.24) is 4.90 Å². The van der Waals surface area contributed by atoms with E-state index in [0.29, 0.717) is 17.1 Å². The van der Waals surface area contributed by atoms with Crippen molar-refractivity contribution in [2.45, 2.75) is 24.2 Å². The predicted octanol–water partition coefficient (Wildman–Crippen LogP) is 3.30. The van der Waals surface area contributed by atoms with Crippen molar-refractivity contribution in [1.29, 1.82) is 0 Å². The normalized spacial score (nSPS) is 10.5. The summed E-state index contributed by atoms with van der Waals surface area (Å²) in [4.78, 5) is 15.0. The van der Waals surface area contributed by atoms with Crippen LogP contribution in [0.5, 0.6) is 0 Å². The molecule has 1 N–H and O–H groups in total. The van der Waals surface area contributed by atoms with Gasteiger partial charge in [0.2, 0.25) is 0 Å². The van der Waals surface area contributed by atoms with E-state index in [-0.39, 0.29) is 12.5 Å². The standard InChI is InChI=1S/C14H20ClNO2S/c1-16(8-4-3-5-9-17)14(18)12-10-11(19-2)6-7-13(12)15/h6-7,10,17H,3-5,8-9H2,1-2H3. The summed E-state index contributed by atoms with van der Waals surface area (Å²) >= 11 is 7.67. The number of rotatable bonds is 7. The van der Waals surface area contributed by atoms with Crippen molar-refractivity contribution < 1.29 is 9.90 Å². The summed E-state index contributed by atoms with van der Waals surface area (Å²) in [7, 11) is 1.78. The molecule has 0 heterocycles. The Kier molecular flexibility index (Phi) is 7.28. The molecule has 1 rings (SSSR count). The lowest BCUT2D eigenvalue weighted by Crippen LogP contribution is -2.28. The second kappa shape index (κ2) is 8.46. The zero-order valence-corrected chi connectivity index (χ0v) is 12.9. The van der Waals surface area contributed by atoms with Crippen LogP contribution in [0.4, 0.5) is 0 Å². The minimum absolute atomic E-state index is 0.0510. The lowest BCUT2D eigenvalue weighted by molar-refractivity contribution is 0.0792. The fourth-order valence-electron chi connectivity index (χ4n) is 1.74. The maximum atomic E-state index is 12.3. The van der Waals surface area contributed by atoms with Gasteiger partial charge in [0.1, 0.15) is 0 Å². The minimum Gasteiger partial charge on any atom is -0.396 e. The summed E-state index contributed by atoms with van der Waals surface area (Å²) in [5.41, 5.74) is 0.554. The average Bonchev–Trinajstić information content (AvgIpc) is 2.43. The van der Waals surface area contributed by atoms with Crippen LogP contribution in [0.25, 0.3) is 0 Å². The Hall–Kier alpha value is -0.710. The quantitative estimate of drug-likeness (QED) is 0.620. The van der Waals surface area contributed by atoms with Gasteiger partial charge in [-0.25, -0.2) is 0 Å². The van der Waals surface area contributed by atoms with E-state index >= 15 is 0 Å². The maximum Gasteiger partial charge on any atom is 0.255 e. The molecule has 19 heavy (non-hydrogen) atoms. The van der Waals surface area contributed by atoms with Crippen molar-refractivity contribution in [2.75, 3.05) is 26.5 Å². The molecule has 1 aromatic carbocycles. The van der Waals surface area contributed by atoms with E-state index in [2.05, 4.69) is 0 Å². The Balaban J connectivity index is 2.65. The van der Waals surface area contributed by atoms with Gasteiger partial charge in [-0.2, -0.15) is 0 Å². The molecule has 0 radical (unpaired) electrons. The Bertz CT molecular complexity index is 426. The van der Waals surface area contributed by atoms with Gasteiger partial charge in [-0.1, -0.05) is 11.6 Å². The molecule has 106 valence electrons.